The van der Waals surface area contributed by atoms with Gasteiger partial charge in [0.2, 0.25) is 0 Å². The number of rotatable bonds is 19. The molecule has 0 fully saturated rings. The average Bonchev–Trinajstić information content (AvgIpc) is 2.61. The second-order valence-corrected chi connectivity index (χ2v) is 8.29. The molecule has 0 bridgehead atoms. The van der Waals surface area contributed by atoms with Crippen molar-refractivity contribution in [2.75, 3.05) is 13.2 Å². The van der Waals surface area contributed by atoms with Gasteiger partial charge in [0.05, 0.1) is 6.61 Å². The second kappa shape index (κ2) is 17.6. The second-order valence-electron chi connectivity index (χ2n) is 7.09. The molecule has 2 atom stereocenters. The third-order valence-corrected chi connectivity index (χ3v) is 4.83. The van der Waals surface area contributed by atoms with Crippen LogP contribution >= 0.6 is 7.82 Å². The van der Waals surface area contributed by atoms with Crippen LogP contribution < -0.4 is 4.89 Å². The molecular formula is C19H38O7P-. The first-order valence-electron chi connectivity index (χ1n) is 10.4. The van der Waals surface area contributed by atoms with Gasteiger partial charge in [-0.3, -0.25) is 9.36 Å². The van der Waals surface area contributed by atoms with E-state index in [2.05, 4.69) is 11.4 Å². The highest BCUT2D eigenvalue weighted by Crippen LogP contribution is 2.30. The summed E-state index contributed by atoms with van der Waals surface area (Å²) in [7, 11) is -4.86. The third kappa shape index (κ3) is 21.7. The number of carbonyl (C=O) groups is 1. The number of phosphoric acid groups is 1. The van der Waals surface area contributed by atoms with Gasteiger partial charge < -0.3 is 24.2 Å². The zero-order chi connectivity index (χ0) is 20.4. The Kier molecular flexibility index (Phi) is 17.3. The maximum absolute atomic E-state index is 11.5. The number of esters is 1. The Morgan fingerprint density at radius 2 is 1.33 bits per heavy atom. The van der Waals surface area contributed by atoms with Crippen molar-refractivity contribution < 1.29 is 33.5 Å². The highest BCUT2D eigenvalue weighted by molar-refractivity contribution is 7.44. The maximum atomic E-state index is 11.5. The number of hydrogen-bond acceptors (Lipinski definition) is 6. The van der Waals surface area contributed by atoms with Crippen molar-refractivity contribution >= 4 is 13.8 Å². The average molecular weight is 409 g/mol. The fourth-order valence-electron chi connectivity index (χ4n) is 2.78. The van der Waals surface area contributed by atoms with E-state index >= 15 is 0 Å². The van der Waals surface area contributed by atoms with Crippen LogP contribution in [0.2, 0.25) is 0 Å². The Bertz CT molecular complexity index is 398. The standard InChI is InChI=1S/C19H39O7P/c1-2-3-4-5-6-7-8-9-10-11-12-13-14-15-19(21)25-16-18(20)17-26-27(22,23)24/h18,20H,2-17H2,1H3,(H2,22,23,24)/p-1. The van der Waals surface area contributed by atoms with Crippen molar-refractivity contribution in [1.82, 2.24) is 0 Å². The molecule has 0 saturated carbocycles. The number of aliphatic hydroxyl groups excluding tert-OH is 1. The minimum Gasteiger partial charge on any atom is -0.756 e. The Morgan fingerprint density at radius 3 is 1.78 bits per heavy atom. The molecule has 0 aliphatic carbocycles. The molecule has 7 nitrogen and oxygen atoms in total. The van der Waals surface area contributed by atoms with Gasteiger partial charge in [-0.1, -0.05) is 84.0 Å². The molecule has 2 N–H and O–H groups in total. The first-order chi connectivity index (χ1) is 12.8. The summed E-state index contributed by atoms with van der Waals surface area (Å²) < 4.78 is 19.2. The van der Waals surface area contributed by atoms with E-state index in [0.29, 0.717) is 0 Å². The Balaban J connectivity index is 3.33. The van der Waals surface area contributed by atoms with Crippen molar-refractivity contribution in [2.45, 2.75) is 103 Å². The van der Waals surface area contributed by atoms with E-state index in [1.165, 1.54) is 64.2 Å². The SMILES string of the molecule is CCCCCCCCCCCCCCCC(=O)OCC(O)COP(=O)([O-])O. The largest absolute Gasteiger partial charge is 0.756 e. The number of ether oxygens (including phenoxy) is 1. The summed E-state index contributed by atoms with van der Waals surface area (Å²) in [5.74, 6) is -0.425. The van der Waals surface area contributed by atoms with Gasteiger partial charge in [-0.15, -0.1) is 0 Å². The lowest BCUT2D eigenvalue weighted by Gasteiger charge is -2.18. The smallest absolute Gasteiger partial charge is 0.305 e. The van der Waals surface area contributed by atoms with E-state index in [9.17, 15) is 19.4 Å². The van der Waals surface area contributed by atoms with Gasteiger partial charge in [-0.05, 0) is 6.42 Å². The molecule has 162 valence electrons. The van der Waals surface area contributed by atoms with Crippen LogP contribution in [0.5, 0.6) is 0 Å². The third-order valence-electron chi connectivity index (χ3n) is 4.35. The highest BCUT2D eigenvalue weighted by atomic mass is 31.2. The van der Waals surface area contributed by atoms with E-state index in [1.807, 2.05) is 0 Å². The van der Waals surface area contributed by atoms with Crippen LogP contribution in [-0.4, -0.2) is 35.3 Å². The summed E-state index contributed by atoms with van der Waals surface area (Å²) in [5, 5.41) is 9.37. The first-order valence-corrected chi connectivity index (χ1v) is 11.9. The zero-order valence-electron chi connectivity index (χ0n) is 16.8. The summed E-state index contributed by atoms with van der Waals surface area (Å²) in [6.07, 6.45) is 15.0. The van der Waals surface area contributed by atoms with Crippen LogP contribution in [0, 0.1) is 0 Å². The maximum Gasteiger partial charge on any atom is 0.305 e. The molecule has 0 saturated heterocycles. The molecule has 0 amide bonds. The first kappa shape index (κ1) is 26.5. The number of carbonyl (C=O) groups excluding carboxylic acids is 1. The van der Waals surface area contributed by atoms with Gasteiger partial charge in [0.15, 0.2) is 0 Å². The molecule has 8 heteroatoms. The van der Waals surface area contributed by atoms with E-state index < -0.39 is 26.5 Å². The fourth-order valence-corrected chi connectivity index (χ4v) is 3.14. The lowest BCUT2D eigenvalue weighted by atomic mass is 10.0. The molecule has 0 spiro atoms. The van der Waals surface area contributed by atoms with Crippen molar-refractivity contribution in [2.24, 2.45) is 0 Å². The fraction of sp³-hybridized carbons (Fsp3) is 0.947. The van der Waals surface area contributed by atoms with Crippen LogP contribution in [0.3, 0.4) is 0 Å². The molecule has 0 radical (unpaired) electrons. The van der Waals surface area contributed by atoms with E-state index in [0.717, 1.165) is 19.3 Å². The van der Waals surface area contributed by atoms with Gasteiger partial charge in [-0.25, -0.2) is 0 Å². The predicted molar refractivity (Wildman–Crippen MR) is 103 cm³/mol. The molecule has 0 aromatic rings. The Labute approximate surface area is 164 Å². The molecule has 0 aromatic carbocycles. The van der Waals surface area contributed by atoms with Crippen LogP contribution in [0.1, 0.15) is 96.8 Å². The number of phosphoric ester groups is 1. The van der Waals surface area contributed by atoms with Crippen molar-refractivity contribution in [1.29, 1.82) is 0 Å². The Morgan fingerprint density at radius 1 is 0.889 bits per heavy atom. The minimum absolute atomic E-state index is 0.283. The summed E-state index contributed by atoms with van der Waals surface area (Å²) in [6, 6.07) is 0. The molecular weight excluding hydrogens is 371 g/mol. The topological polar surface area (TPSA) is 116 Å². The quantitative estimate of drug-likeness (QED) is 0.189. The van der Waals surface area contributed by atoms with Gasteiger partial charge in [-0.2, -0.15) is 0 Å². The molecule has 0 aliphatic heterocycles. The number of hydrogen-bond donors (Lipinski definition) is 2. The van der Waals surface area contributed by atoms with Crippen molar-refractivity contribution in [3.05, 3.63) is 0 Å². The minimum atomic E-state index is -4.86. The van der Waals surface area contributed by atoms with Gasteiger partial charge in [0.25, 0.3) is 7.82 Å². The monoisotopic (exact) mass is 409 g/mol. The van der Waals surface area contributed by atoms with E-state index in [1.54, 1.807) is 0 Å². The van der Waals surface area contributed by atoms with Crippen molar-refractivity contribution in [3.8, 4) is 0 Å². The van der Waals surface area contributed by atoms with E-state index in [4.69, 9.17) is 9.63 Å². The van der Waals surface area contributed by atoms with Crippen LogP contribution in [0.15, 0.2) is 0 Å². The molecule has 27 heavy (non-hydrogen) atoms. The highest BCUT2D eigenvalue weighted by Gasteiger charge is 2.12. The summed E-state index contributed by atoms with van der Waals surface area (Å²) in [4.78, 5) is 30.3. The van der Waals surface area contributed by atoms with Crippen molar-refractivity contribution in [3.63, 3.8) is 0 Å². The lowest BCUT2D eigenvalue weighted by Crippen LogP contribution is -2.24. The normalized spacial score (nSPS) is 14.7. The van der Waals surface area contributed by atoms with Gasteiger partial charge >= 0.3 is 5.97 Å². The molecule has 0 aliphatic rings. The molecule has 0 aromatic heterocycles. The van der Waals surface area contributed by atoms with Crippen LogP contribution in [-0.2, 0) is 18.6 Å². The molecule has 0 heterocycles. The van der Waals surface area contributed by atoms with Crippen LogP contribution in [0.4, 0.5) is 0 Å². The summed E-state index contributed by atoms with van der Waals surface area (Å²) in [5.41, 5.74) is 0. The van der Waals surface area contributed by atoms with Gasteiger partial charge in [0, 0.05) is 6.42 Å². The number of unbranched alkanes of at least 4 members (excludes halogenated alkanes) is 12. The van der Waals surface area contributed by atoms with Crippen LogP contribution in [0.25, 0.3) is 0 Å². The van der Waals surface area contributed by atoms with Gasteiger partial charge in [0.1, 0.15) is 12.7 Å². The summed E-state index contributed by atoms with van der Waals surface area (Å²) in [6.45, 7) is 1.25. The zero-order valence-corrected chi connectivity index (χ0v) is 17.7. The predicted octanol–water partition coefficient (Wildman–Crippen LogP) is 3.85. The summed E-state index contributed by atoms with van der Waals surface area (Å²) >= 11 is 0. The number of aliphatic hydroxyl groups is 1. The molecule has 2 unspecified atom stereocenters. The Hall–Kier alpha value is -0.460. The molecule has 0 rings (SSSR count). The lowest BCUT2D eigenvalue weighted by molar-refractivity contribution is -0.222. The van der Waals surface area contributed by atoms with E-state index in [-0.39, 0.29) is 13.0 Å².